The highest BCUT2D eigenvalue weighted by Gasteiger charge is 2.59. The topological polar surface area (TPSA) is 81.8 Å². The number of aromatic nitrogens is 1. The van der Waals surface area contributed by atoms with Gasteiger partial charge in [-0.2, -0.15) is 0 Å². The third-order valence-corrected chi connectivity index (χ3v) is 7.37. The third kappa shape index (κ3) is 2.42. The van der Waals surface area contributed by atoms with Crippen molar-refractivity contribution in [3.63, 3.8) is 0 Å². The summed E-state index contributed by atoms with van der Waals surface area (Å²) in [5.41, 5.74) is 7.05. The SMILES string of the molecule is BC12CCC(CC1)[C@@]1(C2)OC(Nc2nc3ccc(OC)cc3s2)=NC1N. The van der Waals surface area contributed by atoms with E-state index < -0.39 is 0 Å². The monoisotopic (exact) mass is 370 g/mol. The van der Waals surface area contributed by atoms with Gasteiger partial charge in [-0.25, -0.2) is 9.98 Å². The second-order valence-electron chi connectivity index (χ2n) is 8.18. The number of nitrogens with zero attached hydrogens (tertiary/aromatic N) is 2. The molecule has 2 heterocycles. The molecule has 2 atom stereocenters. The minimum Gasteiger partial charge on any atom is -0.497 e. The van der Waals surface area contributed by atoms with Gasteiger partial charge in [0.2, 0.25) is 0 Å². The zero-order valence-corrected chi connectivity index (χ0v) is 15.9. The van der Waals surface area contributed by atoms with Gasteiger partial charge < -0.3 is 15.2 Å². The van der Waals surface area contributed by atoms with E-state index in [0.717, 1.165) is 27.5 Å². The predicted molar refractivity (Wildman–Crippen MR) is 107 cm³/mol. The van der Waals surface area contributed by atoms with Gasteiger partial charge in [-0.3, -0.25) is 5.32 Å². The van der Waals surface area contributed by atoms with Crippen LogP contribution in [-0.4, -0.2) is 37.7 Å². The molecule has 1 aliphatic heterocycles. The zero-order valence-electron chi connectivity index (χ0n) is 15.1. The van der Waals surface area contributed by atoms with Crippen molar-refractivity contribution in [3.8, 4) is 5.75 Å². The fourth-order valence-electron chi connectivity index (χ4n) is 4.99. The number of thiazole rings is 1. The second kappa shape index (κ2) is 5.60. The normalized spacial score (nSPS) is 35.5. The van der Waals surface area contributed by atoms with Gasteiger partial charge in [-0.1, -0.05) is 29.5 Å². The molecule has 4 aliphatic rings. The fraction of sp³-hybridized carbons (Fsp3) is 0.556. The first kappa shape index (κ1) is 16.4. The first-order chi connectivity index (χ1) is 12.5. The number of rotatable bonds is 2. The lowest BCUT2D eigenvalue weighted by Crippen LogP contribution is -2.58. The number of aliphatic imine (C=N–C) groups is 1. The molecule has 1 aromatic carbocycles. The van der Waals surface area contributed by atoms with Crippen LogP contribution in [-0.2, 0) is 4.74 Å². The summed E-state index contributed by atoms with van der Waals surface area (Å²) < 4.78 is 12.8. The van der Waals surface area contributed by atoms with E-state index in [4.69, 9.17) is 15.2 Å². The summed E-state index contributed by atoms with van der Waals surface area (Å²) in [5, 5.41) is 4.36. The van der Waals surface area contributed by atoms with Crippen LogP contribution in [0.3, 0.4) is 0 Å². The molecule has 1 spiro atoms. The van der Waals surface area contributed by atoms with Crippen molar-refractivity contribution in [2.75, 3.05) is 12.4 Å². The summed E-state index contributed by atoms with van der Waals surface area (Å²) in [6.07, 6.45) is 5.62. The fourth-order valence-corrected chi connectivity index (χ4v) is 5.88. The number of hydrogen-bond acceptors (Lipinski definition) is 7. The Kier molecular flexibility index (Phi) is 3.53. The molecule has 6 rings (SSSR count). The van der Waals surface area contributed by atoms with Crippen LogP contribution in [0.25, 0.3) is 10.2 Å². The van der Waals surface area contributed by atoms with Crippen molar-refractivity contribution in [1.82, 2.24) is 4.98 Å². The van der Waals surface area contributed by atoms with Crippen LogP contribution in [0.1, 0.15) is 32.1 Å². The number of nitrogens with one attached hydrogen (secondary N) is 1. The largest absolute Gasteiger partial charge is 0.497 e. The van der Waals surface area contributed by atoms with Crippen LogP contribution in [0.2, 0.25) is 5.31 Å². The minimum atomic E-state index is -0.340. The van der Waals surface area contributed by atoms with E-state index in [0.29, 0.717) is 17.3 Å². The van der Waals surface area contributed by atoms with Crippen LogP contribution in [0, 0.1) is 5.92 Å². The van der Waals surface area contributed by atoms with Crippen molar-refractivity contribution >= 4 is 40.6 Å². The van der Waals surface area contributed by atoms with Gasteiger partial charge in [0.1, 0.15) is 19.8 Å². The van der Waals surface area contributed by atoms with E-state index in [2.05, 4.69) is 23.1 Å². The lowest BCUT2D eigenvalue weighted by molar-refractivity contribution is -0.0796. The van der Waals surface area contributed by atoms with Gasteiger partial charge in [0, 0.05) is 5.92 Å². The molecule has 0 radical (unpaired) electrons. The van der Waals surface area contributed by atoms with E-state index in [1.165, 1.54) is 25.7 Å². The minimum absolute atomic E-state index is 0.301. The molecule has 1 unspecified atom stereocenters. The number of methoxy groups -OCH3 is 1. The summed E-state index contributed by atoms with van der Waals surface area (Å²) in [7, 11) is 4.04. The van der Waals surface area contributed by atoms with Gasteiger partial charge in [-0.05, 0) is 37.5 Å². The molecular formula is C18H23BN4O2S. The smallest absolute Gasteiger partial charge is 0.293 e. The maximum absolute atomic E-state index is 6.46. The first-order valence-electron chi connectivity index (χ1n) is 9.24. The van der Waals surface area contributed by atoms with Crippen molar-refractivity contribution in [3.05, 3.63) is 18.2 Å². The first-order valence-corrected chi connectivity index (χ1v) is 10.1. The molecule has 6 nitrogen and oxygen atoms in total. The number of nitrogens with two attached hydrogens (primary N) is 1. The maximum atomic E-state index is 6.46. The quantitative estimate of drug-likeness (QED) is 0.794. The molecule has 1 aromatic heterocycles. The molecule has 3 saturated carbocycles. The second-order valence-corrected chi connectivity index (χ2v) is 9.21. The Morgan fingerprint density at radius 3 is 2.92 bits per heavy atom. The van der Waals surface area contributed by atoms with Gasteiger partial charge in [0.05, 0.1) is 17.3 Å². The molecule has 26 heavy (non-hydrogen) atoms. The van der Waals surface area contributed by atoms with Crippen molar-refractivity contribution in [2.24, 2.45) is 16.6 Å². The highest BCUT2D eigenvalue weighted by molar-refractivity contribution is 7.22. The highest BCUT2D eigenvalue weighted by atomic mass is 32.1. The maximum Gasteiger partial charge on any atom is 0.293 e. The average molecular weight is 370 g/mol. The van der Waals surface area contributed by atoms with E-state index >= 15 is 0 Å². The molecule has 3 N–H and O–H groups in total. The Morgan fingerprint density at radius 1 is 1.38 bits per heavy atom. The molecule has 136 valence electrons. The van der Waals surface area contributed by atoms with Crippen molar-refractivity contribution in [2.45, 2.75) is 49.2 Å². The molecule has 8 heteroatoms. The predicted octanol–water partition coefficient (Wildman–Crippen LogP) is 2.51. The van der Waals surface area contributed by atoms with E-state index in [1.807, 2.05) is 18.2 Å². The number of fused-ring (bicyclic) bond motifs is 3. The van der Waals surface area contributed by atoms with Crippen LogP contribution in [0.4, 0.5) is 5.13 Å². The number of benzene rings is 1. The van der Waals surface area contributed by atoms with E-state index in [9.17, 15) is 0 Å². The summed E-state index contributed by atoms with van der Waals surface area (Å²) in [6.45, 7) is 0. The van der Waals surface area contributed by atoms with E-state index in [1.54, 1.807) is 18.4 Å². The standard InChI is InChI=1S/C18H23BN4O2S/c1-24-11-2-3-12-13(8-11)26-16(21-12)23-15-22-14(20)18(25-15)9-17(19)6-4-10(18)5-7-17/h2-3,8,10,14H,4-7,9,19-20H2,1H3,(H,21,22,23)/t10?,14?,17?,18-/m1/s1. The molecule has 2 aromatic rings. The van der Waals surface area contributed by atoms with Crippen LogP contribution < -0.4 is 15.8 Å². The molecule has 3 aliphatic carbocycles. The molecular weight excluding hydrogens is 347 g/mol. The van der Waals surface area contributed by atoms with Gasteiger partial charge in [-0.15, -0.1) is 0 Å². The number of amidine groups is 1. The molecule has 0 saturated heterocycles. The Hall–Kier alpha value is -1.80. The number of ether oxygens (including phenoxy) is 2. The van der Waals surface area contributed by atoms with Crippen LogP contribution >= 0.6 is 11.3 Å². The lowest BCUT2D eigenvalue weighted by atomic mass is 9.46. The Bertz CT molecular complexity index is 892. The number of hydrogen-bond donors (Lipinski definition) is 2. The average Bonchev–Trinajstić information content (AvgIpc) is 3.15. The van der Waals surface area contributed by atoms with Gasteiger partial charge in [0.25, 0.3) is 6.02 Å². The summed E-state index contributed by atoms with van der Waals surface area (Å²) in [5.74, 6) is 1.33. The molecule has 0 amide bonds. The number of anilines is 1. The highest BCUT2D eigenvalue weighted by Crippen LogP contribution is 2.60. The molecule has 3 fully saturated rings. The summed E-state index contributed by atoms with van der Waals surface area (Å²) in [4.78, 5) is 9.24. The zero-order chi connectivity index (χ0) is 17.9. The van der Waals surface area contributed by atoms with Crippen molar-refractivity contribution in [1.29, 1.82) is 0 Å². The Balaban J connectivity index is 1.38. The Morgan fingerprint density at radius 2 is 2.19 bits per heavy atom. The van der Waals surface area contributed by atoms with Crippen molar-refractivity contribution < 1.29 is 9.47 Å². The van der Waals surface area contributed by atoms with Crippen LogP contribution in [0.5, 0.6) is 5.75 Å². The summed E-state index contributed by atoms with van der Waals surface area (Å²) in [6, 6.07) is 6.38. The van der Waals surface area contributed by atoms with Gasteiger partial charge >= 0.3 is 0 Å². The van der Waals surface area contributed by atoms with Gasteiger partial charge in [0.15, 0.2) is 10.7 Å². The summed E-state index contributed by atoms with van der Waals surface area (Å²) >= 11 is 1.56. The van der Waals surface area contributed by atoms with E-state index in [-0.39, 0.29) is 11.8 Å². The molecule has 2 bridgehead atoms. The third-order valence-electron chi connectivity index (χ3n) is 6.44. The Labute approximate surface area is 157 Å². The van der Waals surface area contributed by atoms with Crippen LogP contribution in [0.15, 0.2) is 23.2 Å². The lowest BCUT2D eigenvalue weighted by Gasteiger charge is -2.55.